The van der Waals surface area contributed by atoms with Gasteiger partial charge in [-0.15, -0.1) is 0 Å². The van der Waals surface area contributed by atoms with Gasteiger partial charge in [0.1, 0.15) is 62.0 Å². The predicted octanol–water partition coefficient (Wildman–Crippen LogP) is 10.9. The van der Waals surface area contributed by atoms with Gasteiger partial charge in [0.05, 0.1) is 65.5 Å². The lowest BCUT2D eigenvalue weighted by Crippen LogP contribution is -2.69. The Labute approximate surface area is 577 Å². The van der Waals surface area contributed by atoms with Gasteiger partial charge < -0.3 is 76.2 Å². The highest BCUT2D eigenvalue weighted by molar-refractivity contribution is 5.78. The number of rotatable bonds is 25. The van der Waals surface area contributed by atoms with Crippen LogP contribution in [0, 0.1) is 32.5 Å². The second kappa shape index (κ2) is 33.6. The topological polar surface area (TPSA) is 261 Å². The summed E-state index contributed by atoms with van der Waals surface area (Å²) in [5.74, 6) is -4.77. The number of aliphatic hydroxyl groups is 1. The third-order valence-corrected chi connectivity index (χ3v) is 16.0. The number of benzene rings is 4. The van der Waals surface area contributed by atoms with Gasteiger partial charge >= 0.3 is 35.8 Å². The highest BCUT2D eigenvalue weighted by atomic mass is 16.8. The highest BCUT2D eigenvalue weighted by Crippen LogP contribution is 2.41. The molecular formula is C76H104O22. The van der Waals surface area contributed by atoms with Gasteiger partial charge in [-0.2, -0.15) is 0 Å². The summed E-state index contributed by atoms with van der Waals surface area (Å²) in [6.07, 6.45) is -24.4. The summed E-state index contributed by atoms with van der Waals surface area (Å²) < 4.78 is 101. The lowest BCUT2D eigenvalue weighted by Gasteiger charge is -2.51. The van der Waals surface area contributed by atoms with Crippen LogP contribution in [0.4, 0.5) is 0 Å². The molecule has 98 heavy (non-hydrogen) atoms. The Morgan fingerprint density at radius 3 is 1.02 bits per heavy atom. The van der Waals surface area contributed by atoms with Crippen molar-refractivity contribution in [3.05, 3.63) is 144 Å². The number of hydrogen-bond acceptors (Lipinski definition) is 22. The SMILES string of the molecule is CC(C)(C)C(=O)OC[C@H]1O[C@@H](O[C@H]2[C@H](OC(=O)C(C)(C)C)[C@@H](OC(=O)C(C)(C)C)[C@H](O)O[C@@H]2COC(=O)C(C)(C)C)[C@H](OC(=O)C(C)(C)C)[C@@H](O[C@H]2O[C@H](COCc3ccccc3)[C@H](OCc3ccccc3)[C@H](OCc3ccccc3)[C@H]2OCc2ccccc2)[C@H]1OC(=O)C(C)(C)C. The fourth-order valence-corrected chi connectivity index (χ4v) is 10.1. The maximum absolute atomic E-state index is 15.1. The second-order valence-electron chi connectivity index (χ2n) is 31.3. The molecule has 3 fully saturated rings. The van der Waals surface area contributed by atoms with Crippen LogP contribution in [-0.2, 0) is 126 Å². The van der Waals surface area contributed by atoms with E-state index in [1.165, 1.54) is 0 Å². The maximum atomic E-state index is 15.1. The minimum absolute atomic E-state index is 0.0235. The smallest absolute Gasteiger partial charge is 0.311 e. The summed E-state index contributed by atoms with van der Waals surface area (Å²) in [6.45, 7) is 27.6. The monoisotopic (exact) mass is 1370 g/mol. The Bertz CT molecular complexity index is 3190. The quantitative estimate of drug-likeness (QED) is 0.0477. The normalized spacial score (nSPS) is 26.5. The summed E-state index contributed by atoms with van der Waals surface area (Å²) >= 11 is 0. The molecule has 7 rings (SSSR count). The van der Waals surface area contributed by atoms with E-state index in [-0.39, 0.29) is 33.0 Å². The molecule has 0 amide bonds. The number of aliphatic hydroxyl groups excluding tert-OH is 1. The lowest BCUT2D eigenvalue weighted by molar-refractivity contribution is -0.386. The van der Waals surface area contributed by atoms with E-state index in [0.29, 0.717) is 0 Å². The van der Waals surface area contributed by atoms with Crippen molar-refractivity contribution in [1.82, 2.24) is 0 Å². The Morgan fingerprint density at radius 2 is 0.622 bits per heavy atom. The molecule has 0 aliphatic carbocycles. The van der Waals surface area contributed by atoms with Crippen LogP contribution < -0.4 is 0 Å². The molecule has 0 unspecified atom stereocenters. The fraction of sp³-hybridized carbons (Fsp3) is 0.605. The van der Waals surface area contributed by atoms with Gasteiger partial charge in [-0.3, -0.25) is 28.8 Å². The Balaban J connectivity index is 1.50. The van der Waals surface area contributed by atoms with Crippen molar-refractivity contribution in [3.63, 3.8) is 0 Å². The first-order chi connectivity index (χ1) is 45.8. The van der Waals surface area contributed by atoms with Crippen LogP contribution in [0.2, 0.25) is 0 Å². The molecule has 3 aliphatic rings. The fourth-order valence-electron chi connectivity index (χ4n) is 10.1. The first-order valence-electron chi connectivity index (χ1n) is 33.5. The summed E-state index contributed by atoms with van der Waals surface area (Å²) in [6, 6.07) is 37.9. The molecule has 0 spiro atoms. The van der Waals surface area contributed by atoms with Crippen molar-refractivity contribution in [2.75, 3.05) is 19.8 Å². The van der Waals surface area contributed by atoms with Gasteiger partial charge in [0.2, 0.25) is 0 Å². The molecule has 4 aromatic rings. The molecule has 3 saturated heterocycles. The number of ether oxygens (including phenoxy) is 15. The van der Waals surface area contributed by atoms with Gasteiger partial charge in [-0.05, 0) is 147 Å². The van der Waals surface area contributed by atoms with Crippen LogP contribution in [0.3, 0.4) is 0 Å². The van der Waals surface area contributed by atoms with Gasteiger partial charge in [0, 0.05) is 0 Å². The van der Waals surface area contributed by atoms with Crippen LogP contribution in [0.25, 0.3) is 0 Å². The van der Waals surface area contributed by atoms with Crippen molar-refractivity contribution in [2.24, 2.45) is 32.5 Å². The molecule has 15 atom stereocenters. The zero-order valence-corrected chi connectivity index (χ0v) is 60.2. The molecule has 3 aliphatic heterocycles. The van der Waals surface area contributed by atoms with E-state index in [2.05, 4.69) is 0 Å². The first kappa shape index (κ1) is 78.6. The molecule has 22 nitrogen and oxygen atoms in total. The Hall–Kier alpha value is -6.70. The average Bonchev–Trinajstić information content (AvgIpc) is 0.760. The maximum Gasteiger partial charge on any atom is 0.311 e. The number of hydrogen-bond donors (Lipinski definition) is 1. The van der Waals surface area contributed by atoms with Gasteiger partial charge in [-0.1, -0.05) is 121 Å². The molecule has 0 aromatic heterocycles. The summed E-state index contributed by atoms with van der Waals surface area (Å²) in [7, 11) is 0. The van der Waals surface area contributed by atoms with Crippen molar-refractivity contribution >= 4 is 35.8 Å². The van der Waals surface area contributed by atoms with Crippen LogP contribution in [-0.4, -0.2) is 153 Å². The predicted molar refractivity (Wildman–Crippen MR) is 357 cm³/mol. The molecule has 0 saturated carbocycles. The van der Waals surface area contributed by atoms with Gasteiger partial charge in [0.15, 0.2) is 43.3 Å². The van der Waals surface area contributed by atoms with E-state index in [0.717, 1.165) is 22.3 Å². The van der Waals surface area contributed by atoms with Crippen molar-refractivity contribution in [2.45, 2.75) is 243 Å². The molecule has 0 bridgehead atoms. The highest BCUT2D eigenvalue weighted by Gasteiger charge is 2.60. The van der Waals surface area contributed by atoms with E-state index in [4.69, 9.17) is 71.1 Å². The lowest BCUT2D eigenvalue weighted by atomic mass is 9.92. The summed E-state index contributed by atoms with van der Waals surface area (Å²) in [5.41, 5.74) is -3.96. The van der Waals surface area contributed by atoms with E-state index in [1.54, 1.807) is 125 Å². The largest absolute Gasteiger partial charge is 0.462 e. The molecule has 0 radical (unpaired) electrons. The van der Waals surface area contributed by atoms with Crippen LogP contribution in [0.15, 0.2) is 121 Å². The van der Waals surface area contributed by atoms with E-state index in [1.807, 2.05) is 121 Å². The third-order valence-electron chi connectivity index (χ3n) is 16.0. The molecular weight excluding hydrogens is 1260 g/mol. The standard InChI is InChI=1S/C76H104O22/c1-71(2,3)65(78)88-44-51-54(57(96-68(81)74(10,11)12)59(62(77)90-51)97-69(82)75(13,14)15)93-64-61(98-70(83)76(16,17)18)58(55(95-67(80)73(7,8)9)52(92-64)45-89-66(79)72(4,5)6)94-63-60(87-42-49-37-29-22-30-38-49)56(86-41-48-35-27-21-28-36-48)53(85-40-47-33-25-20-26-34-47)50(91-63)43-84-39-46-31-23-19-24-32-46/h19-38,50-64,77H,39-45H2,1-18H3/t50-,51-,52-,53+,54-,55+,56+,57+,58+,59-,60-,61-,62-,63-,64+/m1/s1. The van der Waals surface area contributed by atoms with Gasteiger partial charge in [0.25, 0.3) is 0 Å². The number of carbonyl (C=O) groups excluding carboxylic acids is 6. The molecule has 4 aromatic carbocycles. The van der Waals surface area contributed by atoms with Gasteiger partial charge in [-0.25, -0.2) is 0 Å². The summed E-state index contributed by atoms with van der Waals surface area (Å²) in [5, 5.41) is 12.0. The molecule has 540 valence electrons. The summed E-state index contributed by atoms with van der Waals surface area (Å²) in [4.78, 5) is 86.2. The zero-order valence-electron chi connectivity index (χ0n) is 60.2. The third kappa shape index (κ3) is 22.4. The molecule has 22 heteroatoms. The van der Waals surface area contributed by atoms with E-state index < -0.39 is 174 Å². The first-order valence-corrected chi connectivity index (χ1v) is 33.5. The van der Waals surface area contributed by atoms with E-state index in [9.17, 15) is 29.1 Å². The molecule has 1 N–H and O–H groups in total. The average molecular weight is 1370 g/mol. The van der Waals surface area contributed by atoms with Crippen LogP contribution in [0.1, 0.15) is 147 Å². The minimum atomic E-state index is -2.06. The van der Waals surface area contributed by atoms with Crippen LogP contribution in [0.5, 0.6) is 0 Å². The van der Waals surface area contributed by atoms with Crippen molar-refractivity contribution < 1.29 is 105 Å². The minimum Gasteiger partial charge on any atom is -0.462 e. The Morgan fingerprint density at radius 1 is 0.316 bits per heavy atom. The molecule has 3 heterocycles. The zero-order chi connectivity index (χ0) is 72.1. The van der Waals surface area contributed by atoms with Crippen molar-refractivity contribution in [1.29, 1.82) is 0 Å². The van der Waals surface area contributed by atoms with E-state index >= 15 is 4.79 Å². The Kier molecular flexibility index (Phi) is 27.0. The van der Waals surface area contributed by atoms with Crippen molar-refractivity contribution in [3.8, 4) is 0 Å². The number of carbonyl (C=O) groups is 6. The second-order valence-corrected chi connectivity index (χ2v) is 31.3. The van der Waals surface area contributed by atoms with Crippen LogP contribution >= 0.6 is 0 Å². The number of esters is 6.